The summed E-state index contributed by atoms with van der Waals surface area (Å²) in [5.41, 5.74) is 2.21. The number of anilines is 2. The van der Waals surface area contributed by atoms with E-state index in [1.807, 2.05) is 18.2 Å². The number of aryl methyl sites for hydroxylation is 1. The minimum absolute atomic E-state index is 0.142. The number of fused-ring (bicyclic) bond motifs is 1. The van der Waals surface area contributed by atoms with Gasteiger partial charge in [0.25, 0.3) is 0 Å². The molecule has 1 aromatic heterocycles. The average Bonchev–Trinajstić information content (AvgIpc) is 2.91. The molecular formula is C14H14N2O2. The zero-order chi connectivity index (χ0) is 12.4. The number of nitrogens with zero attached hydrogens (tertiary/aromatic N) is 1. The molecule has 0 saturated heterocycles. The number of carbonyl (C=O) groups is 1. The molecule has 0 spiro atoms. The maximum Gasteiger partial charge on any atom is 0.328 e. The SMILES string of the molecule is O=C(Nc1ccco1)N1CCCc2ccccc21. The first kappa shape index (κ1) is 10.9. The molecule has 1 N–H and O–H groups in total. The summed E-state index contributed by atoms with van der Waals surface area (Å²) in [6, 6.07) is 11.4. The van der Waals surface area contributed by atoms with Gasteiger partial charge in [-0.2, -0.15) is 0 Å². The summed E-state index contributed by atoms with van der Waals surface area (Å²) in [7, 11) is 0. The molecule has 1 aliphatic heterocycles. The van der Waals surface area contributed by atoms with Gasteiger partial charge in [-0.05, 0) is 30.5 Å². The molecule has 2 amide bonds. The number of benzene rings is 1. The Bertz CT molecular complexity index is 549. The number of para-hydroxylation sites is 1. The van der Waals surface area contributed by atoms with Crippen LogP contribution in [0.1, 0.15) is 12.0 Å². The Morgan fingerprint density at radius 2 is 2.11 bits per heavy atom. The topological polar surface area (TPSA) is 45.5 Å². The molecule has 4 heteroatoms. The Kier molecular flexibility index (Phi) is 2.76. The zero-order valence-electron chi connectivity index (χ0n) is 9.93. The van der Waals surface area contributed by atoms with Crippen LogP contribution in [0.15, 0.2) is 47.1 Å². The van der Waals surface area contributed by atoms with Crippen LogP contribution in [0, 0.1) is 0 Å². The Hall–Kier alpha value is -2.23. The van der Waals surface area contributed by atoms with Crippen LogP contribution in [0.3, 0.4) is 0 Å². The molecule has 1 aliphatic rings. The molecule has 2 aromatic rings. The molecule has 0 unspecified atom stereocenters. The molecule has 0 atom stereocenters. The Morgan fingerprint density at radius 1 is 1.22 bits per heavy atom. The number of urea groups is 1. The molecule has 0 aliphatic carbocycles. The van der Waals surface area contributed by atoms with E-state index < -0.39 is 0 Å². The number of furan rings is 1. The van der Waals surface area contributed by atoms with E-state index in [1.54, 1.807) is 23.3 Å². The number of hydrogen-bond acceptors (Lipinski definition) is 2. The van der Waals surface area contributed by atoms with Crippen molar-refractivity contribution in [2.75, 3.05) is 16.8 Å². The molecule has 0 saturated carbocycles. The van der Waals surface area contributed by atoms with Crippen molar-refractivity contribution in [1.29, 1.82) is 0 Å². The van der Waals surface area contributed by atoms with Gasteiger partial charge >= 0.3 is 6.03 Å². The summed E-state index contributed by atoms with van der Waals surface area (Å²) in [6.07, 6.45) is 3.56. The van der Waals surface area contributed by atoms with Crippen LogP contribution in [0.25, 0.3) is 0 Å². The summed E-state index contributed by atoms with van der Waals surface area (Å²) < 4.78 is 5.12. The van der Waals surface area contributed by atoms with Crippen molar-refractivity contribution in [2.45, 2.75) is 12.8 Å². The van der Waals surface area contributed by atoms with Gasteiger partial charge in [-0.1, -0.05) is 18.2 Å². The second-order valence-corrected chi connectivity index (χ2v) is 4.29. The molecule has 0 fully saturated rings. The molecule has 18 heavy (non-hydrogen) atoms. The van der Waals surface area contributed by atoms with E-state index in [9.17, 15) is 4.79 Å². The van der Waals surface area contributed by atoms with E-state index in [4.69, 9.17) is 4.42 Å². The van der Waals surface area contributed by atoms with Crippen molar-refractivity contribution >= 4 is 17.6 Å². The Labute approximate surface area is 105 Å². The highest BCUT2D eigenvalue weighted by molar-refractivity contribution is 6.01. The van der Waals surface area contributed by atoms with Gasteiger partial charge < -0.3 is 4.42 Å². The molecule has 2 heterocycles. The van der Waals surface area contributed by atoms with Gasteiger partial charge in [-0.3, -0.25) is 10.2 Å². The van der Waals surface area contributed by atoms with Crippen LogP contribution in [0.4, 0.5) is 16.4 Å². The summed E-state index contributed by atoms with van der Waals surface area (Å²) in [5.74, 6) is 0.475. The maximum absolute atomic E-state index is 12.2. The van der Waals surface area contributed by atoms with E-state index >= 15 is 0 Å². The minimum atomic E-state index is -0.142. The summed E-state index contributed by atoms with van der Waals surface area (Å²) in [6.45, 7) is 0.740. The van der Waals surface area contributed by atoms with Gasteiger partial charge in [0.15, 0.2) is 0 Å². The first-order valence-electron chi connectivity index (χ1n) is 6.04. The fraction of sp³-hybridized carbons (Fsp3) is 0.214. The largest absolute Gasteiger partial charge is 0.449 e. The highest BCUT2D eigenvalue weighted by Crippen LogP contribution is 2.27. The van der Waals surface area contributed by atoms with Gasteiger partial charge in [-0.15, -0.1) is 0 Å². The van der Waals surface area contributed by atoms with E-state index in [0.29, 0.717) is 5.88 Å². The lowest BCUT2D eigenvalue weighted by Gasteiger charge is -2.29. The van der Waals surface area contributed by atoms with E-state index in [2.05, 4.69) is 11.4 Å². The molecule has 92 valence electrons. The van der Waals surface area contributed by atoms with Crippen molar-refractivity contribution in [2.24, 2.45) is 0 Å². The highest BCUT2D eigenvalue weighted by Gasteiger charge is 2.22. The molecule has 3 rings (SSSR count). The lowest BCUT2D eigenvalue weighted by molar-refractivity contribution is 0.256. The lowest BCUT2D eigenvalue weighted by Crippen LogP contribution is -2.38. The number of amides is 2. The molecule has 4 nitrogen and oxygen atoms in total. The van der Waals surface area contributed by atoms with Gasteiger partial charge in [-0.25, -0.2) is 4.79 Å². The van der Waals surface area contributed by atoms with Crippen LogP contribution in [0.2, 0.25) is 0 Å². The van der Waals surface area contributed by atoms with Gasteiger partial charge in [0.05, 0.1) is 6.26 Å². The molecule has 0 radical (unpaired) electrons. The molecule has 0 bridgehead atoms. The first-order valence-corrected chi connectivity index (χ1v) is 6.04. The maximum atomic E-state index is 12.2. The summed E-state index contributed by atoms with van der Waals surface area (Å²) >= 11 is 0. The number of rotatable bonds is 1. The van der Waals surface area contributed by atoms with Crippen molar-refractivity contribution in [3.63, 3.8) is 0 Å². The molecular weight excluding hydrogens is 228 g/mol. The standard InChI is InChI=1S/C14H14N2O2/c17-14(15-13-8-4-10-18-13)16-9-3-6-11-5-1-2-7-12(11)16/h1-2,4-5,7-8,10H,3,6,9H2,(H,15,17). The first-order chi connectivity index (χ1) is 8.84. The van der Waals surface area contributed by atoms with Crippen LogP contribution in [-0.4, -0.2) is 12.6 Å². The summed E-state index contributed by atoms with van der Waals surface area (Å²) in [4.78, 5) is 13.9. The van der Waals surface area contributed by atoms with Crippen molar-refractivity contribution in [1.82, 2.24) is 0 Å². The van der Waals surface area contributed by atoms with Crippen LogP contribution < -0.4 is 10.2 Å². The fourth-order valence-corrected chi connectivity index (χ4v) is 2.27. The predicted molar refractivity (Wildman–Crippen MR) is 69.8 cm³/mol. The minimum Gasteiger partial charge on any atom is -0.449 e. The normalized spacial score (nSPS) is 14.1. The van der Waals surface area contributed by atoms with Crippen molar-refractivity contribution < 1.29 is 9.21 Å². The second kappa shape index (κ2) is 4.56. The third-order valence-corrected chi connectivity index (χ3v) is 3.11. The predicted octanol–water partition coefficient (Wildman–Crippen LogP) is 3.26. The van der Waals surface area contributed by atoms with Crippen LogP contribution >= 0.6 is 0 Å². The van der Waals surface area contributed by atoms with Crippen LogP contribution in [0.5, 0.6) is 0 Å². The van der Waals surface area contributed by atoms with E-state index in [0.717, 1.165) is 25.1 Å². The number of carbonyl (C=O) groups excluding carboxylic acids is 1. The van der Waals surface area contributed by atoms with Crippen molar-refractivity contribution in [3.05, 3.63) is 48.2 Å². The molecule has 1 aromatic carbocycles. The third-order valence-electron chi connectivity index (χ3n) is 3.11. The zero-order valence-corrected chi connectivity index (χ0v) is 9.93. The van der Waals surface area contributed by atoms with E-state index in [-0.39, 0.29) is 6.03 Å². The monoisotopic (exact) mass is 242 g/mol. The van der Waals surface area contributed by atoms with Crippen molar-refractivity contribution in [3.8, 4) is 0 Å². The number of hydrogen-bond donors (Lipinski definition) is 1. The highest BCUT2D eigenvalue weighted by atomic mass is 16.3. The number of nitrogens with one attached hydrogen (secondary N) is 1. The smallest absolute Gasteiger partial charge is 0.328 e. The fourth-order valence-electron chi connectivity index (χ4n) is 2.27. The Morgan fingerprint density at radius 3 is 2.94 bits per heavy atom. The quantitative estimate of drug-likeness (QED) is 0.834. The van der Waals surface area contributed by atoms with E-state index in [1.165, 1.54) is 5.56 Å². The van der Waals surface area contributed by atoms with Gasteiger partial charge in [0, 0.05) is 18.3 Å². The second-order valence-electron chi connectivity index (χ2n) is 4.29. The van der Waals surface area contributed by atoms with Crippen LogP contribution in [-0.2, 0) is 6.42 Å². The van der Waals surface area contributed by atoms with Gasteiger partial charge in [0.1, 0.15) is 0 Å². The third kappa shape index (κ3) is 1.97. The van der Waals surface area contributed by atoms with Gasteiger partial charge in [0.2, 0.25) is 5.88 Å². The summed E-state index contributed by atoms with van der Waals surface area (Å²) in [5, 5.41) is 2.75. The lowest BCUT2D eigenvalue weighted by atomic mass is 10.0. The Balaban J connectivity index is 1.83. The average molecular weight is 242 g/mol.